The van der Waals surface area contributed by atoms with Crippen LogP contribution in [0.2, 0.25) is 0 Å². The lowest BCUT2D eigenvalue weighted by molar-refractivity contribution is -0.0182. The zero-order valence-corrected chi connectivity index (χ0v) is 13.1. The highest BCUT2D eigenvalue weighted by Gasteiger charge is 2.43. The Hall–Kier alpha value is -1.09. The Morgan fingerprint density at radius 3 is 3.00 bits per heavy atom. The smallest absolute Gasteiger partial charge is 0.127 e. The third-order valence-corrected chi connectivity index (χ3v) is 4.94. The average molecular weight is 291 g/mol. The summed E-state index contributed by atoms with van der Waals surface area (Å²) in [5, 5.41) is 3.63. The van der Waals surface area contributed by atoms with Gasteiger partial charge in [-0.3, -0.25) is 0 Å². The van der Waals surface area contributed by atoms with E-state index in [0.29, 0.717) is 12.0 Å². The molecule has 21 heavy (non-hydrogen) atoms. The number of fused-ring (bicyclic) bond motifs is 1. The molecule has 1 N–H and O–H groups in total. The molecule has 0 aromatic heterocycles. The molecule has 2 nitrogen and oxygen atoms in total. The van der Waals surface area contributed by atoms with Crippen LogP contribution in [0.5, 0.6) is 5.75 Å². The van der Waals surface area contributed by atoms with Crippen molar-refractivity contribution in [3.63, 3.8) is 0 Å². The molecular formula is C18H26FNO. The van der Waals surface area contributed by atoms with Crippen LogP contribution in [0, 0.1) is 11.7 Å². The van der Waals surface area contributed by atoms with Gasteiger partial charge in [0.2, 0.25) is 0 Å². The Kier molecular flexibility index (Phi) is 4.21. The molecule has 0 saturated heterocycles. The molecule has 1 aliphatic heterocycles. The van der Waals surface area contributed by atoms with Gasteiger partial charge in [0.25, 0.3) is 0 Å². The van der Waals surface area contributed by atoms with Crippen molar-refractivity contribution in [2.75, 3.05) is 6.54 Å². The van der Waals surface area contributed by atoms with E-state index in [9.17, 15) is 4.39 Å². The minimum Gasteiger partial charge on any atom is -0.487 e. The maximum Gasteiger partial charge on any atom is 0.127 e. The van der Waals surface area contributed by atoms with Crippen molar-refractivity contribution < 1.29 is 9.13 Å². The summed E-state index contributed by atoms with van der Waals surface area (Å²) in [6.45, 7) is 5.48. The molecule has 116 valence electrons. The number of rotatable bonds is 3. The molecule has 1 spiro atoms. The summed E-state index contributed by atoms with van der Waals surface area (Å²) in [6, 6.07) is 5.29. The molecule has 2 aliphatic rings. The predicted molar refractivity (Wildman–Crippen MR) is 83.0 cm³/mol. The highest BCUT2D eigenvalue weighted by atomic mass is 19.1. The zero-order valence-electron chi connectivity index (χ0n) is 13.1. The largest absolute Gasteiger partial charge is 0.487 e. The molecule has 1 aromatic rings. The number of benzene rings is 1. The van der Waals surface area contributed by atoms with E-state index in [1.807, 2.05) is 6.07 Å². The molecule has 3 unspecified atom stereocenters. The maximum absolute atomic E-state index is 13.6. The Labute approximate surface area is 127 Å². The van der Waals surface area contributed by atoms with Gasteiger partial charge in [-0.2, -0.15) is 0 Å². The van der Waals surface area contributed by atoms with Crippen LogP contribution in [0.15, 0.2) is 18.2 Å². The number of hydrogen-bond donors (Lipinski definition) is 1. The highest BCUT2D eigenvalue weighted by molar-refractivity contribution is 5.39. The van der Waals surface area contributed by atoms with E-state index >= 15 is 0 Å². The Morgan fingerprint density at radius 2 is 2.24 bits per heavy atom. The molecule has 0 bridgehead atoms. The van der Waals surface area contributed by atoms with Gasteiger partial charge in [-0.25, -0.2) is 4.39 Å². The van der Waals surface area contributed by atoms with E-state index in [0.717, 1.165) is 43.5 Å². The monoisotopic (exact) mass is 291 g/mol. The van der Waals surface area contributed by atoms with Crippen molar-refractivity contribution in [1.82, 2.24) is 5.32 Å². The Bertz CT molecular complexity index is 504. The van der Waals surface area contributed by atoms with Crippen LogP contribution >= 0.6 is 0 Å². The third kappa shape index (κ3) is 3.08. The SMILES string of the molecule is CCCNC1CC2(CCCC(C)C2)Oc2cc(F)ccc21. The van der Waals surface area contributed by atoms with Gasteiger partial charge in [0.15, 0.2) is 0 Å². The van der Waals surface area contributed by atoms with Gasteiger partial charge in [-0.05, 0) is 44.2 Å². The molecule has 1 saturated carbocycles. The number of nitrogens with one attached hydrogen (secondary N) is 1. The van der Waals surface area contributed by atoms with Gasteiger partial charge in [0, 0.05) is 24.1 Å². The number of hydrogen-bond acceptors (Lipinski definition) is 2. The first-order valence-electron chi connectivity index (χ1n) is 8.34. The molecule has 0 radical (unpaired) electrons. The van der Waals surface area contributed by atoms with Crippen molar-refractivity contribution >= 4 is 0 Å². The number of ether oxygens (including phenoxy) is 1. The van der Waals surface area contributed by atoms with E-state index < -0.39 is 0 Å². The van der Waals surface area contributed by atoms with Gasteiger partial charge >= 0.3 is 0 Å². The van der Waals surface area contributed by atoms with Gasteiger partial charge < -0.3 is 10.1 Å². The summed E-state index contributed by atoms with van der Waals surface area (Å²) in [4.78, 5) is 0. The summed E-state index contributed by atoms with van der Waals surface area (Å²) < 4.78 is 19.9. The van der Waals surface area contributed by atoms with Crippen molar-refractivity contribution in [3.05, 3.63) is 29.6 Å². The van der Waals surface area contributed by atoms with Gasteiger partial charge in [-0.1, -0.05) is 26.3 Å². The van der Waals surface area contributed by atoms with E-state index in [1.165, 1.54) is 12.8 Å². The predicted octanol–water partition coefficient (Wildman–Crippen LogP) is 4.60. The normalized spacial score (nSPS) is 31.8. The fraction of sp³-hybridized carbons (Fsp3) is 0.667. The van der Waals surface area contributed by atoms with Crippen LogP contribution in [-0.4, -0.2) is 12.1 Å². The lowest BCUT2D eigenvalue weighted by Gasteiger charge is -2.46. The Balaban J connectivity index is 1.90. The average Bonchev–Trinajstić information content (AvgIpc) is 2.44. The van der Waals surface area contributed by atoms with E-state index in [1.54, 1.807) is 12.1 Å². The van der Waals surface area contributed by atoms with Crippen LogP contribution in [0.25, 0.3) is 0 Å². The number of halogens is 1. The van der Waals surface area contributed by atoms with Crippen LogP contribution < -0.4 is 10.1 Å². The lowest BCUT2D eigenvalue weighted by atomic mass is 9.73. The second-order valence-electron chi connectivity index (χ2n) is 6.88. The zero-order chi connectivity index (χ0) is 14.9. The van der Waals surface area contributed by atoms with Crippen LogP contribution in [0.1, 0.15) is 64.0 Å². The molecule has 1 fully saturated rings. The topological polar surface area (TPSA) is 21.3 Å². The maximum atomic E-state index is 13.6. The second kappa shape index (κ2) is 5.96. The Morgan fingerprint density at radius 1 is 1.38 bits per heavy atom. The third-order valence-electron chi connectivity index (χ3n) is 4.94. The van der Waals surface area contributed by atoms with Crippen LogP contribution in [0.4, 0.5) is 4.39 Å². The van der Waals surface area contributed by atoms with Crippen molar-refractivity contribution in [3.8, 4) is 5.75 Å². The quantitative estimate of drug-likeness (QED) is 0.879. The highest BCUT2D eigenvalue weighted by Crippen LogP contribution is 2.47. The second-order valence-corrected chi connectivity index (χ2v) is 6.88. The van der Waals surface area contributed by atoms with Gasteiger partial charge in [0.05, 0.1) is 0 Å². The van der Waals surface area contributed by atoms with E-state index in [2.05, 4.69) is 19.2 Å². The first-order chi connectivity index (χ1) is 10.1. The fourth-order valence-electron chi connectivity index (χ4n) is 4.03. The summed E-state index contributed by atoms with van der Waals surface area (Å²) >= 11 is 0. The van der Waals surface area contributed by atoms with Gasteiger partial charge in [0.1, 0.15) is 17.2 Å². The van der Waals surface area contributed by atoms with E-state index in [-0.39, 0.29) is 11.4 Å². The van der Waals surface area contributed by atoms with Crippen molar-refractivity contribution in [2.45, 2.75) is 64.0 Å². The molecule has 3 rings (SSSR count). The molecule has 1 aliphatic carbocycles. The lowest BCUT2D eigenvalue weighted by Crippen LogP contribution is -2.47. The minimum absolute atomic E-state index is 0.0934. The summed E-state index contributed by atoms with van der Waals surface area (Å²) in [5.41, 5.74) is 1.03. The van der Waals surface area contributed by atoms with Crippen LogP contribution in [-0.2, 0) is 0 Å². The minimum atomic E-state index is -0.205. The van der Waals surface area contributed by atoms with Crippen molar-refractivity contribution in [1.29, 1.82) is 0 Å². The summed E-state index contributed by atoms with van der Waals surface area (Å²) in [6.07, 6.45) is 6.80. The van der Waals surface area contributed by atoms with E-state index in [4.69, 9.17) is 4.74 Å². The van der Waals surface area contributed by atoms with Crippen LogP contribution in [0.3, 0.4) is 0 Å². The molecular weight excluding hydrogens is 265 g/mol. The fourth-order valence-corrected chi connectivity index (χ4v) is 4.03. The first-order valence-corrected chi connectivity index (χ1v) is 8.34. The molecule has 0 amide bonds. The van der Waals surface area contributed by atoms with Crippen molar-refractivity contribution in [2.24, 2.45) is 5.92 Å². The molecule has 1 aromatic carbocycles. The first kappa shape index (κ1) is 14.8. The summed E-state index contributed by atoms with van der Waals surface area (Å²) in [7, 11) is 0. The molecule has 3 heteroatoms. The summed E-state index contributed by atoms with van der Waals surface area (Å²) in [5.74, 6) is 1.24. The molecule has 3 atom stereocenters. The standard InChI is InChI=1S/C18H26FNO/c1-3-9-20-16-12-18(8-4-5-13(2)11-18)21-17-10-14(19)6-7-15(16)17/h6-7,10,13,16,20H,3-5,8-9,11-12H2,1-2H3. The van der Waals surface area contributed by atoms with Gasteiger partial charge in [-0.15, -0.1) is 0 Å². The molecule has 1 heterocycles.